The van der Waals surface area contributed by atoms with E-state index in [9.17, 15) is 14.7 Å². The number of amides is 2. The summed E-state index contributed by atoms with van der Waals surface area (Å²) < 4.78 is 5.40. The molecule has 0 bridgehead atoms. The molecule has 4 rings (SSSR count). The highest BCUT2D eigenvalue weighted by atomic mass is 35.5. The first-order valence-corrected chi connectivity index (χ1v) is 8.92. The quantitative estimate of drug-likeness (QED) is 0.621. The zero-order valence-electron chi connectivity index (χ0n) is 15.1. The number of hydrogen-bond donors (Lipinski definition) is 4. The molecule has 2 aliphatic rings. The number of β-amino-alcohol motifs (C(OH)–C–C–N with tert-alkyl or cyclic N) is 1. The Labute approximate surface area is 168 Å². The maximum absolute atomic E-state index is 13.0. The number of aliphatic hydroxyl groups excluding tert-OH is 1. The smallest absolute Gasteiger partial charge is 0.262 e. The summed E-state index contributed by atoms with van der Waals surface area (Å²) in [5, 5.41) is 19.7. The molecule has 0 spiro atoms. The van der Waals surface area contributed by atoms with Crippen molar-refractivity contribution < 1.29 is 19.4 Å². The summed E-state index contributed by atoms with van der Waals surface area (Å²) in [6, 6.07) is 14.4. The summed E-state index contributed by atoms with van der Waals surface area (Å²) in [6.07, 6.45) is -0.188. The lowest BCUT2D eigenvalue weighted by atomic mass is 9.79. The number of carbonyl (C=O) groups excluding carboxylic acids is 2. The predicted molar refractivity (Wildman–Crippen MR) is 107 cm³/mol. The molecule has 4 N–H and O–H groups in total. The molecular formula is C20H22ClN3O4. The summed E-state index contributed by atoms with van der Waals surface area (Å²) in [5.74, 6) is -0.0643. The molecule has 7 nitrogen and oxygen atoms in total. The molecular weight excluding hydrogens is 382 g/mol. The van der Waals surface area contributed by atoms with Crippen molar-refractivity contribution in [3.63, 3.8) is 0 Å². The number of ether oxygens (including phenoxy) is 1. The van der Waals surface area contributed by atoms with Crippen LogP contribution in [-0.2, 0) is 10.3 Å². The Hall–Kier alpha value is -2.61. The summed E-state index contributed by atoms with van der Waals surface area (Å²) in [7, 11) is 0. The number of anilines is 1. The third-order valence-corrected chi connectivity index (χ3v) is 5.10. The van der Waals surface area contributed by atoms with Crippen LogP contribution in [0.5, 0.6) is 5.75 Å². The van der Waals surface area contributed by atoms with Crippen LogP contribution in [-0.4, -0.2) is 42.7 Å². The van der Waals surface area contributed by atoms with Gasteiger partial charge >= 0.3 is 0 Å². The lowest BCUT2D eigenvalue weighted by Gasteiger charge is -2.43. The van der Waals surface area contributed by atoms with Gasteiger partial charge in [0.05, 0.1) is 17.3 Å². The highest BCUT2D eigenvalue weighted by Crippen LogP contribution is 2.33. The van der Waals surface area contributed by atoms with Crippen LogP contribution >= 0.6 is 12.4 Å². The highest BCUT2D eigenvalue weighted by molar-refractivity contribution is 5.99. The van der Waals surface area contributed by atoms with Crippen molar-refractivity contribution in [1.29, 1.82) is 0 Å². The second-order valence-corrected chi connectivity index (χ2v) is 6.81. The standard InChI is InChI=1S/C20H21N3O4.ClH/c24-17-11-21-9-8-20(17,14-4-2-1-3-5-14)23-19(26)13-6-7-15-16(10-13)27-12-18(25)22-15;/h1-7,10,17,21,24H,8-9,11-12H2,(H,22,25)(H,23,26);1H/t17-,20+;/m1./s1. The number of piperidine rings is 1. The molecule has 2 aromatic carbocycles. The minimum Gasteiger partial charge on any atom is -0.482 e. The van der Waals surface area contributed by atoms with Crippen molar-refractivity contribution in [3.8, 4) is 5.75 Å². The second kappa shape index (κ2) is 8.18. The van der Waals surface area contributed by atoms with Crippen LogP contribution < -0.4 is 20.7 Å². The first-order chi connectivity index (χ1) is 13.1. The topological polar surface area (TPSA) is 99.7 Å². The normalized spacial score (nSPS) is 23.5. The van der Waals surface area contributed by atoms with Gasteiger partial charge in [0.25, 0.3) is 11.8 Å². The Bertz CT molecular complexity index is 877. The maximum Gasteiger partial charge on any atom is 0.262 e. The molecule has 8 heteroatoms. The number of carbonyl (C=O) groups is 2. The summed E-state index contributed by atoms with van der Waals surface area (Å²) in [4.78, 5) is 24.4. The number of nitrogens with one attached hydrogen (secondary N) is 3. The van der Waals surface area contributed by atoms with E-state index in [0.717, 1.165) is 5.56 Å². The molecule has 1 saturated heterocycles. The van der Waals surface area contributed by atoms with Crippen molar-refractivity contribution in [2.45, 2.75) is 18.1 Å². The number of halogens is 1. The maximum atomic E-state index is 13.0. The lowest BCUT2D eigenvalue weighted by molar-refractivity contribution is -0.118. The number of benzene rings is 2. The Morgan fingerprint density at radius 2 is 2.00 bits per heavy atom. The minimum atomic E-state index is -0.866. The van der Waals surface area contributed by atoms with Gasteiger partial charge in [-0.05, 0) is 36.7 Å². The average molecular weight is 404 g/mol. The molecule has 2 aliphatic heterocycles. The van der Waals surface area contributed by atoms with Crippen molar-refractivity contribution in [2.75, 3.05) is 25.0 Å². The Kier molecular flexibility index (Phi) is 5.88. The molecule has 1 fully saturated rings. The predicted octanol–water partition coefficient (Wildman–Crippen LogP) is 1.42. The number of fused-ring (bicyclic) bond motifs is 1. The van der Waals surface area contributed by atoms with Crippen LogP contribution in [0.15, 0.2) is 48.5 Å². The largest absolute Gasteiger partial charge is 0.482 e. The molecule has 0 aliphatic carbocycles. The Morgan fingerprint density at radius 3 is 2.75 bits per heavy atom. The molecule has 2 amide bonds. The number of rotatable bonds is 3. The molecule has 2 atom stereocenters. The van der Waals surface area contributed by atoms with Gasteiger partial charge < -0.3 is 25.8 Å². The SMILES string of the molecule is Cl.O=C1COc2cc(C(=O)N[C@]3(c4ccccc4)CCNC[C@H]3O)ccc2N1. The molecule has 148 valence electrons. The van der Waals surface area contributed by atoms with E-state index in [0.29, 0.717) is 36.5 Å². The van der Waals surface area contributed by atoms with Gasteiger partial charge in [0.15, 0.2) is 6.61 Å². The fourth-order valence-corrected chi connectivity index (χ4v) is 3.65. The van der Waals surface area contributed by atoms with Crippen molar-refractivity contribution in [3.05, 3.63) is 59.7 Å². The van der Waals surface area contributed by atoms with E-state index < -0.39 is 11.6 Å². The summed E-state index contributed by atoms with van der Waals surface area (Å²) in [5.41, 5.74) is 0.955. The molecule has 28 heavy (non-hydrogen) atoms. The van der Waals surface area contributed by atoms with E-state index in [1.807, 2.05) is 30.3 Å². The number of hydrogen-bond acceptors (Lipinski definition) is 5. The number of aliphatic hydroxyl groups is 1. The van der Waals surface area contributed by atoms with Crippen LogP contribution in [0.4, 0.5) is 5.69 Å². The summed E-state index contributed by atoms with van der Waals surface area (Å²) >= 11 is 0. The van der Waals surface area contributed by atoms with Gasteiger partial charge in [0, 0.05) is 12.1 Å². The van der Waals surface area contributed by atoms with E-state index in [4.69, 9.17) is 4.74 Å². The first-order valence-electron chi connectivity index (χ1n) is 8.92. The van der Waals surface area contributed by atoms with E-state index in [2.05, 4.69) is 16.0 Å². The van der Waals surface area contributed by atoms with Crippen molar-refractivity contribution in [2.24, 2.45) is 0 Å². The van der Waals surface area contributed by atoms with E-state index in [-0.39, 0.29) is 30.8 Å². The average Bonchev–Trinajstić information content (AvgIpc) is 2.70. The fourth-order valence-electron chi connectivity index (χ4n) is 3.65. The monoisotopic (exact) mass is 403 g/mol. The molecule has 0 aromatic heterocycles. The zero-order chi connectivity index (χ0) is 18.9. The zero-order valence-corrected chi connectivity index (χ0v) is 15.9. The minimum absolute atomic E-state index is 0. The van der Waals surface area contributed by atoms with Gasteiger partial charge in [-0.1, -0.05) is 30.3 Å². The first kappa shape index (κ1) is 20.1. The van der Waals surface area contributed by atoms with E-state index >= 15 is 0 Å². The Balaban J connectivity index is 0.00000225. The van der Waals surface area contributed by atoms with Gasteiger partial charge in [-0.3, -0.25) is 9.59 Å². The third kappa shape index (κ3) is 3.69. The summed E-state index contributed by atoms with van der Waals surface area (Å²) in [6.45, 7) is 1.01. The molecule has 0 radical (unpaired) electrons. The van der Waals surface area contributed by atoms with Gasteiger partial charge in [-0.25, -0.2) is 0 Å². The van der Waals surface area contributed by atoms with Crippen molar-refractivity contribution >= 4 is 29.9 Å². The van der Waals surface area contributed by atoms with Gasteiger partial charge in [-0.2, -0.15) is 0 Å². The van der Waals surface area contributed by atoms with E-state index in [1.54, 1.807) is 18.2 Å². The molecule has 2 heterocycles. The van der Waals surface area contributed by atoms with Crippen LogP contribution in [0.25, 0.3) is 0 Å². The van der Waals surface area contributed by atoms with Gasteiger partial charge in [0.2, 0.25) is 0 Å². The van der Waals surface area contributed by atoms with Crippen LogP contribution in [0, 0.1) is 0 Å². The Morgan fingerprint density at radius 1 is 1.21 bits per heavy atom. The third-order valence-electron chi connectivity index (χ3n) is 5.10. The van der Waals surface area contributed by atoms with Gasteiger partial charge in [0.1, 0.15) is 5.75 Å². The lowest BCUT2D eigenvalue weighted by Crippen LogP contribution is -2.61. The van der Waals surface area contributed by atoms with Crippen LogP contribution in [0.1, 0.15) is 22.3 Å². The van der Waals surface area contributed by atoms with Crippen LogP contribution in [0.2, 0.25) is 0 Å². The van der Waals surface area contributed by atoms with Crippen LogP contribution in [0.3, 0.4) is 0 Å². The van der Waals surface area contributed by atoms with E-state index in [1.165, 1.54) is 0 Å². The molecule has 0 unspecified atom stereocenters. The second-order valence-electron chi connectivity index (χ2n) is 6.81. The highest BCUT2D eigenvalue weighted by Gasteiger charge is 2.43. The van der Waals surface area contributed by atoms with Crippen molar-refractivity contribution in [1.82, 2.24) is 10.6 Å². The van der Waals surface area contributed by atoms with Gasteiger partial charge in [-0.15, -0.1) is 12.4 Å². The molecule has 0 saturated carbocycles. The molecule has 2 aromatic rings. The fraction of sp³-hybridized carbons (Fsp3) is 0.300.